The van der Waals surface area contributed by atoms with Gasteiger partial charge in [0.1, 0.15) is 12.4 Å². The van der Waals surface area contributed by atoms with E-state index in [2.05, 4.69) is 6.92 Å². The van der Waals surface area contributed by atoms with Crippen molar-refractivity contribution >= 4 is 11.6 Å². The maximum Gasteiger partial charge on any atom is 0.119 e. The quantitative estimate of drug-likeness (QED) is 0.217. The zero-order chi connectivity index (χ0) is 18.0. The van der Waals surface area contributed by atoms with Crippen LogP contribution in [0.25, 0.3) is 0 Å². The lowest BCUT2D eigenvalue weighted by Gasteiger charge is -2.15. The summed E-state index contributed by atoms with van der Waals surface area (Å²) in [6.45, 7) is 3.45. The molecular formula is C22H37ClO2. The topological polar surface area (TPSA) is 18.5 Å². The van der Waals surface area contributed by atoms with Gasteiger partial charge in [-0.25, -0.2) is 0 Å². The number of alkyl halides is 1. The summed E-state index contributed by atoms with van der Waals surface area (Å²) in [6.07, 6.45) is 14.8. The van der Waals surface area contributed by atoms with Crippen LogP contribution in [0.5, 0.6) is 5.75 Å². The van der Waals surface area contributed by atoms with Crippen LogP contribution in [0.15, 0.2) is 30.3 Å². The predicted molar refractivity (Wildman–Crippen MR) is 109 cm³/mol. The summed E-state index contributed by atoms with van der Waals surface area (Å²) in [4.78, 5) is 0. The molecular weight excluding hydrogens is 332 g/mol. The maximum atomic E-state index is 6.02. The molecule has 0 bridgehead atoms. The SMILES string of the molecule is CCCCCCCCCCCCC(CCl)OCCOc1ccccc1. The Kier molecular flexibility index (Phi) is 14.9. The molecule has 0 heterocycles. The molecule has 2 nitrogen and oxygen atoms in total. The van der Waals surface area contributed by atoms with Crippen molar-refractivity contribution in [2.75, 3.05) is 19.1 Å². The first-order chi connectivity index (χ1) is 12.4. The minimum Gasteiger partial charge on any atom is -0.491 e. The van der Waals surface area contributed by atoms with E-state index in [0.29, 0.717) is 19.1 Å². The minimum atomic E-state index is 0.162. The van der Waals surface area contributed by atoms with Crippen LogP contribution in [0, 0.1) is 0 Å². The summed E-state index contributed by atoms with van der Waals surface area (Å²) in [5.74, 6) is 1.46. The highest BCUT2D eigenvalue weighted by Gasteiger charge is 2.07. The van der Waals surface area contributed by atoms with E-state index >= 15 is 0 Å². The molecule has 0 aliphatic heterocycles. The molecule has 0 saturated heterocycles. The fraction of sp³-hybridized carbons (Fsp3) is 0.727. The second kappa shape index (κ2) is 16.7. The van der Waals surface area contributed by atoms with E-state index in [0.717, 1.165) is 12.2 Å². The molecule has 25 heavy (non-hydrogen) atoms. The number of rotatable bonds is 17. The van der Waals surface area contributed by atoms with E-state index in [1.54, 1.807) is 0 Å². The van der Waals surface area contributed by atoms with Gasteiger partial charge in [0.25, 0.3) is 0 Å². The summed E-state index contributed by atoms with van der Waals surface area (Å²) < 4.78 is 11.5. The largest absolute Gasteiger partial charge is 0.491 e. The number of para-hydroxylation sites is 1. The van der Waals surface area contributed by atoms with Gasteiger partial charge in [0.15, 0.2) is 0 Å². The third kappa shape index (κ3) is 13.2. The fourth-order valence-corrected chi connectivity index (χ4v) is 3.20. The van der Waals surface area contributed by atoms with Gasteiger partial charge in [-0.2, -0.15) is 0 Å². The third-order valence-electron chi connectivity index (χ3n) is 4.50. The molecule has 144 valence electrons. The van der Waals surface area contributed by atoms with Gasteiger partial charge in [0.2, 0.25) is 0 Å². The van der Waals surface area contributed by atoms with Crippen LogP contribution in [0.4, 0.5) is 0 Å². The molecule has 0 fully saturated rings. The maximum absolute atomic E-state index is 6.02. The summed E-state index contributed by atoms with van der Waals surface area (Å²) in [6, 6.07) is 9.86. The molecule has 0 aliphatic rings. The lowest BCUT2D eigenvalue weighted by Crippen LogP contribution is -2.18. The van der Waals surface area contributed by atoms with E-state index in [1.165, 1.54) is 64.2 Å². The van der Waals surface area contributed by atoms with Gasteiger partial charge >= 0.3 is 0 Å². The predicted octanol–water partition coefficient (Wildman–Crippen LogP) is 7.00. The Labute approximate surface area is 160 Å². The van der Waals surface area contributed by atoms with Gasteiger partial charge in [0.05, 0.1) is 12.7 Å². The third-order valence-corrected chi connectivity index (χ3v) is 4.84. The second-order valence-corrected chi connectivity index (χ2v) is 7.09. The minimum absolute atomic E-state index is 0.162. The molecule has 0 spiro atoms. The normalized spacial score (nSPS) is 12.2. The lowest BCUT2D eigenvalue weighted by atomic mass is 10.0. The Bertz CT molecular complexity index is 383. The molecule has 1 aromatic carbocycles. The van der Waals surface area contributed by atoms with Crippen LogP contribution in [-0.4, -0.2) is 25.2 Å². The summed E-state index contributed by atoms with van der Waals surface area (Å²) in [5.41, 5.74) is 0. The molecule has 0 amide bonds. The Morgan fingerprint density at radius 2 is 1.40 bits per heavy atom. The van der Waals surface area contributed by atoms with Crippen molar-refractivity contribution < 1.29 is 9.47 Å². The highest BCUT2D eigenvalue weighted by molar-refractivity contribution is 6.18. The van der Waals surface area contributed by atoms with Gasteiger partial charge in [-0.05, 0) is 18.6 Å². The first kappa shape index (κ1) is 22.3. The Hall–Kier alpha value is -0.730. The van der Waals surface area contributed by atoms with Gasteiger partial charge in [-0.1, -0.05) is 89.3 Å². The summed E-state index contributed by atoms with van der Waals surface area (Å²) in [5, 5.41) is 0. The zero-order valence-corrected chi connectivity index (χ0v) is 16.8. The standard InChI is InChI=1S/C22H37ClO2/c1-2-3-4-5-6-7-8-9-10-12-17-22(20-23)25-19-18-24-21-15-13-11-14-16-21/h11,13-16,22H,2-10,12,17-20H2,1H3. The van der Waals surface area contributed by atoms with Crippen molar-refractivity contribution in [3.05, 3.63) is 30.3 Å². The van der Waals surface area contributed by atoms with Crippen molar-refractivity contribution in [1.29, 1.82) is 0 Å². The molecule has 1 rings (SSSR count). The van der Waals surface area contributed by atoms with E-state index in [9.17, 15) is 0 Å². The summed E-state index contributed by atoms with van der Waals surface area (Å²) >= 11 is 6.02. The highest BCUT2D eigenvalue weighted by Crippen LogP contribution is 2.14. The Balaban J connectivity index is 1.90. The number of halogens is 1. The number of unbranched alkanes of at least 4 members (excludes halogenated alkanes) is 9. The van der Waals surface area contributed by atoms with Crippen molar-refractivity contribution in [2.45, 2.75) is 83.7 Å². The number of hydrogen-bond acceptors (Lipinski definition) is 2. The van der Waals surface area contributed by atoms with E-state index in [4.69, 9.17) is 21.1 Å². The molecule has 0 radical (unpaired) electrons. The van der Waals surface area contributed by atoms with Gasteiger partial charge in [-0.3, -0.25) is 0 Å². The number of benzene rings is 1. The van der Waals surface area contributed by atoms with Gasteiger partial charge in [0, 0.05) is 5.88 Å². The van der Waals surface area contributed by atoms with Gasteiger partial charge in [-0.15, -0.1) is 11.6 Å². The second-order valence-electron chi connectivity index (χ2n) is 6.78. The van der Waals surface area contributed by atoms with Crippen molar-refractivity contribution in [2.24, 2.45) is 0 Å². The van der Waals surface area contributed by atoms with Crippen molar-refractivity contribution in [3.8, 4) is 5.75 Å². The van der Waals surface area contributed by atoms with E-state index in [-0.39, 0.29) is 6.10 Å². The zero-order valence-electron chi connectivity index (χ0n) is 16.1. The molecule has 3 heteroatoms. The van der Waals surface area contributed by atoms with Crippen LogP contribution in [0.1, 0.15) is 77.6 Å². The Morgan fingerprint density at radius 1 is 0.800 bits per heavy atom. The van der Waals surface area contributed by atoms with Gasteiger partial charge < -0.3 is 9.47 Å². The average molecular weight is 369 g/mol. The van der Waals surface area contributed by atoms with Crippen LogP contribution < -0.4 is 4.74 Å². The van der Waals surface area contributed by atoms with Crippen LogP contribution in [0.3, 0.4) is 0 Å². The highest BCUT2D eigenvalue weighted by atomic mass is 35.5. The number of hydrogen-bond donors (Lipinski definition) is 0. The van der Waals surface area contributed by atoms with Crippen molar-refractivity contribution in [1.82, 2.24) is 0 Å². The monoisotopic (exact) mass is 368 g/mol. The molecule has 0 aromatic heterocycles. The molecule has 1 atom stereocenters. The molecule has 0 N–H and O–H groups in total. The van der Waals surface area contributed by atoms with Crippen molar-refractivity contribution in [3.63, 3.8) is 0 Å². The van der Waals surface area contributed by atoms with E-state index < -0.39 is 0 Å². The lowest BCUT2D eigenvalue weighted by molar-refractivity contribution is 0.0404. The molecule has 1 unspecified atom stereocenters. The molecule has 0 aliphatic carbocycles. The Morgan fingerprint density at radius 3 is 2.00 bits per heavy atom. The first-order valence-electron chi connectivity index (χ1n) is 10.2. The fourth-order valence-electron chi connectivity index (χ4n) is 2.96. The smallest absolute Gasteiger partial charge is 0.119 e. The molecule has 1 aromatic rings. The average Bonchev–Trinajstić information content (AvgIpc) is 2.65. The number of ether oxygens (including phenoxy) is 2. The van der Waals surface area contributed by atoms with Crippen LogP contribution in [-0.2, 0) is 4.74 Å². The van der Waals surface area contributed by atoms with E-state index in [1.807, 2.05) is 30.3 Å². The first-order valence-corrected chi connectivity index (χ1v) is 10.8. The summed E-state index contributed by atoms with van der Waals surface area (Å²) in [7, 11) is 0. The van der Waals surface area contributed by atoms with Crippen LogP contribution >= 0.6 is 11.6 Å². The van der Waals surface area contributed by atoms with Crippen LogP contribution in [0.2, 0.25) is 0 Å². The molecule has 0 saturated carbocycles.